The van der Waals surface area contributed by atoms with Gasteiger partial charge in [-0.05, 0) is 68.6 Å². The molecule has 0 bridgehead atoms. The van der Waals surface area contributed by atoms with E-state index >= 15 is 0 Å². The van der Waals surface area contributed by atoms with Gasteiger partial charge in [0, 0.05) is 18.8 Å². The normalized spacial score (nSPS) is 60.0. The van der Waals surface area contributed by atoms with Crippen molar-refractivity contribution in [1.29, 1.82) is 0 Å². The molecule has 1 spiro atoms. The number of fused-ring (bicyclic) bond motifs is 7. The van der Waals surface area contributed by atoms with Crippen LogP contribution in [0.1, 0.15) is 86.0 Å². The zero-order valence-electron chi connectivity index (χ0n) is 31.9. The Labute approximate surface area is 316 Å². The van der Waals surface area contributed by atoms with Gasteiger partial charge in [0.05, 0.1) is 48.6 Å². The maximum Gasteiger partial charge on any atom is 0.187 e. The fourth-order valence-corrected chi connectivity index (χ4v) is 12.4. The van der Waals surface area contributed by atoms with Crippen LogP contribution in [0.2, 0.25) is 0 Å². The van der Waals surface area contributed by atoms with E-state index < -0.39 is 120 Å². The smallest absolute Gasteiger partial charge is 0.187 e. The highest BCUT2D eigenvalue weighted by Gasteiger charge is 2.83. The van der Waals surface area contributed by atoms with Crippen molar-refractivity contribution < 1.29 is 74.4 Å². The molecule has 0 radical (unpaired) electrons. The van der Waals surface area contributed by atoms with Crippen LogP contribution >= 0.6 is 0 Å². The Kier molecular flexibility index (Phi) is 10.1. The van der Waals surface area contributed by atoms with E-state index in [0.717, 1.165) is 12.0 Å². The van der Waals surface area contributed by atoms with E-state index in [1.165, 1.54) is 6.92 Å². The van der Waals surface area contributed by atoms with Gasteiger partial charge in [0.2, 0.25) is 0 Å². The van der Waals surface area contributed by atoms with E-state index in [4.69, 9.17) is 28.4 Å². The lowest BCUT2D eigenvalue weighted by Crippen LogP contribution is -2.71. The van der Waals surface area contributed by atoms with Crippen LogP contribution in [-0.4, -0.2) is 156 Å². The summed E-state index contributed by atoms with van der Waals surface area (Å²) in [7, 11) is 0. The van der Waals surface area contributed by atoms with E-state index in [1.54, 1.807) is 0 Å². The Morgan fingerprint density at radius 3 is 2.26 bits per heavy atom. The minimum atomic E-state index is -1.67. The second kappa shape index (κ2) is 13.6. The molecule has 54 heavy (non-hydrogen) atoms. The van der Waals surface area contributed by atoms with Gasteiger partial charge >= 0.3 is 0 Å². The van der Waals surface area contributed by atoms with Gasteiger partial charge in [-0.15, -0.1) is 0 Å². The molecule has 0 aromatic rings. The first kappa shape index (κ1) is 39.9. The number of rotatable bonds is 5. The SMILES string of the molecule is C[C@@H]1CC[C@@]2(OC1)O[C@H]1C[C@@]3(O)[C@@H]4CC=C5C[C@@H](O[C@@H]6O[C@H](CO)[C@@H](O)[C@H](O)[C@H]6O[C@@H]6O[C@@H](C)[C@H](O)[C@@H](O)[C@H]6O)CC[C@]5(C)[C@H]4C[C@H](O)[C@]3(C)[C@@]1(O)[C@@H]2C. The van der Waals surface area contributed by atoms with Gasteiger partial charge in [0.1, 0.15) is 48.3 Å². The first-order valence-corrected chi connectivity index (χ1v) is 20.1. The number of hydrogen-bond donors (Lipinski definition) is 9. The maximum atomic E-state index is 12.9. The van der Waals surface area contributed by atoms with Crippen LogP contribution in [-0.2, 0) is 28.4 Å². The van der Waals surface area contributed by atoms with E-state index in [1.807, 2.05) is 13.8 Å². The molecule has 8 rings (SSSR count). The maximum absolute atomic E-state index is 12.9. The van der Waals surface area contributed by atoms with Crippen LogP contribution < -0.4 is 0 Å². The zero-order chi connectivity index (χ0) is 38.9. The Morgan fingerprint density at radius 1 is 0.833 bits per heavy atom. The lowest BCUT2D eigenvalue weighted by Gasteiger charge is -2.64. The topological polar surface area (TPSA) is 237 Å². The van der Waals surface area contributed by atoms with Crippen molar-refractivity contribution in [2.24, 2.45) is 34.5 Å². The molecule has 4 heterocycles. The molecule has 22 atom stereocenters. The van der Waals surface area contributed by atoms with Crippen LogP contribution in [0.3, 0.4) is 0 Å². The predicted molar refractivity (Wildman–Crippen MR) is 186 cm³/mol. The minimum Gasteiger partial charge on any atom is -0.394 e. The highest BCUT2D eigenvalue weighted by Crippen LogP contribution is 2.73. The summed E-state index contributed by atoms with van der Waals surface area (Å²) in [5.41, 5.74) is -3.46. The van der Waals surface area contributed by atoms with Gasteiger partial charge in [-0.2, -0.15) is 0 Å². The number of hydrogen-bond acceptors (Lipinski definition) is 15. The average molecular weight is 771 g/mol. The molecule has 0 amide bonds. The molecule has 4 aliphatic carbocycles. The minimum absolute atomic E-state index is 0.101. The Morgan fingerprint density at radius 2 is 1.57 bits per heavy atom. The van der Waals surface area contributed by atoms with Crippen molar-refractivity contribution in [2.45, 2.75) is 183 Å². The molecule has 15 heteroatoms. The molecule has 9 N–H and O–H groups in total. The van der Waals surface area contributed by atoms with Crippen molar-refractivity contribution in [3.63, 3.8) is 0 Å². The van der Waals surface area contributed by atoms with Crippen LogP contribution in [0.4, 0.5) is 0 Å². The molecule has 3 saturated carbocycles. The zero-order valence-corrected chi connectivity index (χ0v) is 31.9. The van der Waals surface area contributed by atoms with Crippen molar-refractivity contribution in [1.82, 2.24) is 0 Å². The Bertz CT molecular complexity index is 1440. The van der Waals surface area contributed by atoms with Gasteiger partial charge in [0.25, 0.3) is 0 Å². The summed E-state index contributed by atoms with van der Waals surface area (Å²) in [6.07, 6.45) is -9.74. The van der Waals surface area contributed by atoms with Gasteiger partial charge in [-0.1, -0.05) is 39.3 Å². The van der Waals surface area contributed by atoms with Gasteiger partial charge in [-0.3, -0.25) is 0 Å². The lowest BCUT2D eigenvalue weighted by atomic mass is 9.43. The van der Waals surface area contributed by atoms with Crippen molar-refractivity contribution in [2.75, 3.05) is 13.2 Å². The summed E-state index contributed by atoms with van der Waals surface area (Å²) >= 11 is 0. The summed E-state index contributed by atoms with van der Waals surface area (Å²) in [6.45, 7) is 9.53. The molecule has 4 saturated heterocycles. The summed E-state index contributed by atoms with van der Waals surface area (Å²) in [5.74, 6) is -1.36. The van der Waals surface area contributed by atoms with Crippen LogP contribution in [0.5, 0.6) is 0 Å². The predicted octanol–water partition coefficient (Wildman–Crippen LogP) is -0.409. The summed E-state index contributed by atoms with van der Waals surface area (Å²) < 4.78 is 36.9. The Hall–Kier alpha value is -0.860. The number of aliphatic hydroxyl groups excluding tert-OH is 7. The molecule has 0 aromatic carbocycles. The molecule has 0 aromatic heterocycles. The third-order valence-corrected chi connectivity index (χ3v) is 16.1. The molecule has 7 fully saturated rings. The average Bonchev–Trinajstić information content (AvgIpc) is 3.46. The lowest BCUT2D eigenvalue weighted by molar-refractivity contribution is -0.370. The van der Waals surface area contributed by atoms with E-state index in [2.05, 4.69) is 19.9 Å². The van der Waals surface area contributed by atoms with Gasteiger partial charge in [-0.25, -0.2) is 0 Å². The first-order valence-electron chi connectivity index (χ1n) is 20.1. The third kappa shape index (κ3) is 5.41. The van der Waals surface area contributed by atoms with Crippen molar-refractivity contribution >= 4 is 0 Å². The fraction of sp³-hybridized carbons (Fsp3) is 0.949. The quantitative estimate of drug-likeness (QED) is 0.162. The van der Waals surface area contributed by atoms with Crippen molar-refractivity contribution in [3.05, 3.63) is 11.6 Å². The van der Waals surface area contributed by atoms with Crippen LogP contribution in [0.25, 0.3) is 0 Å². The molecule has 15 nitrogen and oxygen atoms in total. The number of aliphatic hydroxyl groups is 9. The number of allylic oxidation sites excluding steroid dienone is 1. The monoisotopic (exact) mass is 770 g/mol. The van der Waals surface area contributed by atoms with Gasteiger partial charge in [0.15, 0.2) is 18.4 Å². The standard InChI is InChI=1S/C39H62O15/c1-17-8-11-38(49-16-17)19(3)39(48)26(54-38)14-37(47)22-7-6-20-12-21(9-10-35(20,4)23(22)13-25(41)36(37,39)5)51-34-32(30(45)28(43)24(15-40)52-34)53-33-31(46)29(44)27(42)18(2)50-33/h6,17-19,21-34,40-48H,7-16H2,1-5H3/t17-,18+,19-,21+,22-,23+,24-,25+,26+,27+,28-,29-,30+,31-,32-,33+,34-,35+,36+,37-,38-,39-/m1/s1. The Balaban J connectivity index is 1.01. The third-order valence-electron chi connectivity index (χ3n) is 16.1. The molecule has 8 aliphatic rings. The molecule has 308 valence electrons. The molecular formula is C39H62O15. The highest BCUT2D eigenvalue weighted by molar-refractivity contribution is 5.34. The molecule has 4 aliphatic heterocycles. The first-order chi connectivity index (χ1) is 25.4. The van der Waals surface area contributed by atoms with Gasteiger partial charge < -0.3 is 74.4 Å². The summed E-state index contributed by atoms with van der Waals surface area (Å²) in [5, 5.41) is 101. The van der Waals surface area contributed by atoms with Crippen LogP contribution in [0.15, 0.2) is 11.6 Å². The van der Waals surface area contributed by atoms with E-state index in [9.17, 15) is 46.0 Å². The number of ether oxygens (including phenoxy) is 6. The largest absolute Gasteiger partial charge is 0.394 e. The fourth-order valence-electron chi connectivity index (χ4n) is 12.4. The summed E-state index contributed by atoms with van der Waals surface area (Å²) in [6, 6.07) is 0. The highest BCUT2D eigenvalue weighted by atomic mass is 16.8. The second-order valence-electron chi connectivity index (χ2n) is 18.6. The van der Waals surface area contributed by atoms with E-state index in [0.29, 0.717) is 51.0 Å². The second-order valence-corrected chi connectivity index (χ2v) is 18.6. The van der Waals surface area contributed by atoms with Crippen molar-refractivity contribution in [3.8, 4) is 0 Å². The molecular weight excluding hydrogens is 708 g/mol. The van der Waals surface area contributed by atoms with Crippen LogP contribution in [0, 0.1) is 34.5 Å². The van der Waals surface area contributed by atoms with E-state index in [-0.39, 0.29) is 18.3 Å². The summed E-state index contributed by atoms with van der Waals surface area (Å²) in [4.78, 5) is 0. The molecule has 0 unspecified atom stereocenters.